The first-order valence-electron chi connectivity index (χ1n) is 10.2. The number of carbonyl (C=O) groups is 1. The largest absolute Gasteiger partial charge is 0.492 e. The molecule has 0 bridgehead atoms. The highest BCUT2D eigenvalue weighted by Crippen LogP contribution is 2.27. The predicted molar refractivity (Wildman–Crippen MR) is 115 cm³/mol. The van der Waals surface area contributed by atoms with Crippen LogP contribution in [0, 0.1) is 13.8 Å². The molecule has 5 nitrogen and oxygen atoms in total. The summed E-state index contributed by atoms with van der Waals surface area (Å²) in [6.45, 7) is 12.5. The summed E-state index contributed by atoms with van der Waals surface area (Å²) in [5, 5.41) is 3.12. The molecule has 0 unspecified atom stereocenters. The van der Waals surface area contributed by atoms with Crippen LogP contribution in [0.15, 0.2) is 42.5 Å². The van der Waals surface area contributed by atoms with Crippen molar-refractivity contribution in [3.05, 3.63) is 53.6 Å². The zero-order valence-corrected chi connectivity index (χ0v) is 17.4. The maximum Gasteiger partial charge on any atom is 0.282 e. The fraction of sp³-hybridized carbons (Fsp3) is 0.435. The van der Waals surface area contributed by atoms with Crippen molar-refractivity contribution in [1.29, 1.82) is 0 Å². The highest BCUT2D eigenvalue weighted by Gasteiger charge is 2.30. The van der Waals surface area contributed by atoms with Crippen LogP contribution in [0.25, 0.3) is 0 Å². The lowest BCUT2D eigenvalue weighted by Crippen LogP contribution is -3.19. The zero-order valence-electron chi connectivity index (χ0n) is 17.4. The normalized spacial score (nSPS) is 15.9. The highest BCUT2D eigenvalue weighted by molar-refractivity contribution is 5.94. The number of amides is 1. The van der Waals surface area contributed by atoms with Crippen molar-refractivity contribution in [2.75, 3.05) is 43.0 Å². The summed E-state index contributed by atoms with van der Waals surface area (Å²) in [6, 6.07) is 14.3. The highest BCUT2D eigenvalue weighted by atomic mass is 16.5. The number of hydrogen-bond donors (Lipinski definition) is 2. The summed E-state index contributed by atoms with van der Waals surface area (Å²) in [5.41, 5.74) is 4.32. The number of para-hydroxylation sites is 2. The monoisotopic (exact) mass is 382 g/mol. The molecule has 1 aliphatic heterocycles. The van der Waals surface area contributed by atoms with Gasteiger partial charge in [0.15, 0.2) is 6.04 Å². The Balaban J connectivity index is 1.60. The van der Waals surface area contributed by atoms with Gasteiger partial charge in [0.05, 0.1) is 38.5 Å². The molecule has 0 aromatic heterocycles. The summed E-state index contributed by atoms with van der Waals surface area (Å²) in [5.74, 6) is 1.03. The van der Waals surface area contributed by atoms with Gasteiger partial charge in [-0.25, -0.2) is 0 Å². The smallest absolute Gasteiger partial charge is 0.282 e. The average Bonchev–Trinajstić information content (AvgIpc) is 2.71. The van der Waals surface area contributed by atoms with Crippen molar-refractivity contribution >= 4 is 17.3 Å². The minimum atomic E-state index is -0.0794. The molecule has 0 spiro atoms. The Hall–Kier alpha value is -2.53. The van der Waals surface area contributed by atoms with Crippen LogP contribution in [0.5, 0.6) is 5.75 Å². The van der Waals surface area contributed by atoms with Crippen molar-refractivity contribution in [2.24, 2.45) is 0 Å². The molecule has 150 valence electrons. The molecule has 1 amide bonds. The van der Waals surface area contributed by atoms with E-state index in [1.165, 1.54) is 4.90 Å². The topological polar surface area (TPSA) is 46.0 Å². The SMILES string of the molecule is CCOc1ccccc1N1CC[NH+]([C@H](C)C(=O)Nc2cc(C)ccc2C)CC1. The molecule has 2 N–H and O–H groups in total. The summed E-state index contributed by atoms with van der Waals surface area (Å²) < 4.78 is 5.78. The van der Waals surface area contributed by atoms with Crippen LogP contribution in [-0.4, -0.2) is 44.7 Å². The Kier molecular flexibility index (Phi) is 6.57. The van der Waals surface area contributed by atoms with Crippen molar-refractivity contribution in [3.63, 3.8) is 0 Å². The first-order chi connectivity index (χ1) is 13.5. The van der Waals surface area contributed by atoms with Gasteiger partial charge in [-0.2, -0.15) is 0 Å². The number of nitrogens with one attached hydrogen (secondary N) is 2. The van der Waals surface area contributed by atoms with E-state index < -0.39 is 0 Å². The van der Waals surface area contributed by atoms with E-state index in [0.717, 1.165) is 54.4 Å². The lowest BCUT2D eigenvalue weighted by Gasteiger charge is -2.36. The molecule has 28 heavy (non-hydrogen) atoms. The average molecular weight is 383 g/mol. The summed E-state index contributed by atoms with van der Waals surface area (Å²) >= 11 is 0. The van der Waals surface area contributed by atoms with Gasteiger partial charge >= 0.3 is 0 Å². The fourth-order valence-corrected chi connectivity index (χ4v) is 3.76. The summed E-state index contributed by atoms with van der Waals surface area (Å²) in [4.78, 5) is 16.5. The van der Waals surface area contributed by atoms with E-state index in [4.69, 9.17) is 4.74 Å². The van der Waals surface area contributed by atoms with Crippen LogP contribution >= 0.6 is 0 Å². The van der Waals surface area contributed by atoms with Crippen molar-refractivity contribution in [1.82, 2.24) is 0 Å². The Morgan fingerprint density at radius 2 is 1.89 bits per heavy atom. The predicted octanol–water partition coefficient (Wildman–Crippen LogP) is 2.43. The number of nitrogens with zero attached hydrogens (tertiary/aromatic N) is 1. The number of quaternary nitrogens is 1. The van der Waals surface area contributed by atoms with Gasteiger partial charge in [-0.15, -0.1) is 0 Å². The number of ether oxygens (including phenoxy) is 1. The number of benzene rings is 2. The molecule has 0 saturated carbocycles. The molecule has 1 atom stereocenters. The Bertz CT molecular complexity index is 813. The van der Waals surface area contributed by atoms with E-state index in [0.29, 0.717) is 6.61 Å². The third kappa shape index (κ3) is 4.65. The van der Waals surface area contributed by atoms with Gasteiger partial charge in [0.1, 0.15) is 5.75 Å². The maximum atomic E-state index is 12.8. The van der Waals surface area contributed by atoms with Crippen LogP contribution in [0.1, 0.15) is 25.0 Å². The molecule has 1 fully saturated rings. The molecule has 1 aliphatic rings. The Labute approximate surface area is 168 Å². The number of rotatable bonds is 6. The Morgan fingerprint density at radius 1 is 1.18 bits per heavy atom. The molecular formula is C23H32N3O2+. The van der Waals surface area contributed by atoms with Gasteiger partial charge < -0.3 is 19.9 Å². The van der Waals surface area contributed by atoms with Crippen molar-refractivity contribution in [2.45, 2.75) is 33.7 Å². The Morgan fingerprint density at radius 3 is 2.61 bits per heavy atom. The molecule has 2 aromatic carbocycles. The zero-order chi connectivity index (χ0) is 20.1. The first kappa shape index (κ1) is 20.2. The first-order valence-corrected chi connectivity index (χ1v) is 10.2. The molecule has 0 radical (unpaired) electrons. The lowest BCUT2D eigenvalue weighted by atomic mass is 10.1. The number of piperazine rings is 1. The molecule has 2 aromatic rings. The quantitative estimate of drug-likeness (QED) is 0.807. The van der Waals surface area contributed by atoms with Gasteiger partial charge in [-0.1, -0.05) is 24.3 Å². The van der Waals surface area contributed by atoms with Crippen LogP contribution in [0.3, 0.4) is 0 Å². The van der Waals surface area contributed by atoms with E-state index in [2.05, 4.69) is 34.5 Å². The third-order valence-electron chi connectivity index (χ3n) is 5.57. The maximum absolute atomic E-state index is 12.8. The minimum Gasteiger partial charge on any atom is -0.492 e. The van der Waals surface area contributed by atoms with Crippen molar-refractivity contribution in [3.8, 4) is 5.75 Å². The van der Waals surface area contributed by atoms with Crippen LogP contribution < -0.4 is 19.9 Å². The molecule has 0 aliphatic carbocycles. The second kappa shape index (κ2) is 9.11. The van der Waals surface area contributed by atoms with Gasteiger partial charge in [0, 0.05) is 5.69 Å². The van der Waals surface area contributed by atoms with Gasteiger partial charge in [-0.05, 0) is 57.0 Å². The minimum absolute atomic E-state index is 0.0794. The van der Waals surface area contributed by atoms with E-state index in [-0.39, 0.29) is 11.9 Å². The standard InChI is InChI=1S/C23H31N3O2/c1-5-28-22-9-7-6-8-21(22)26-14-12-25(13-15-26)19(4)23(27)24-20-16-17(2)10-11-18(20)3/h6-11,16,19H,5,12-15H2,1-4H3,(H,24,27)/p+1/t19-/m1/s1. The summed E-state index contributed by atoms with van der Waals surface area (Å²) in [7, 11) is 0. The molecule has 5 heteroatoms. The second-order valence-electron chi connectivity index (χ2n) is 7.58. The third-order valence-corrected chi connectivity index (χ3v) is 5.57. The van der Waals surface area contributed by atoms with Gasteiger partial charge in [0.25, 0.3) is 5.91 Å². The molecular weight excluding hydrogens is 350 g/mol. The van der Waals surface area contributed by atoms with Crippen LogP contribution in [0.4, 0.5) is 11.4 Å². The van der Waals surface area contributed by atoms with Gasteiger partial charge in [0.2, 0.25) is 0 Å². The number of carbonyl (C=O) groups excluding carboxylic acids is 1. The van der Waals surface area contributed by atoms with E-state index in [1.54, 1.807) is 0 Å². The van der Waals surface area contributed by atoms with Crippen LogP contribution in [0.2, 0.25) is 0 Å². The number of anilines is 2. The molecule has 1 saturated heterocycles. The second-order valence-corrected chi connectivity index (χ2v) is 7.58. The van der Waals surface area contributed by atoms with Gasteiger partial charge in [-0.3, -0.25) is 4.79 Å². The molecule has 3 rings (SSSR count). The summed E-state index contributed by atoms with van der Waals surface area (Å²) in [6.07, 6.45) is 0. The molecule has 1 heterocycles. The van der Waals surface area contributed by atoms with E-state index >= 15 is 0 Å². The van der Waals surface area contributed by atoms with E-state index in [9.17, 15) is 4.79 Å². The van der Waals surface area contributed by atoms with Crippen LogP contribution in [-0.2, 0) is 4.79 Å². The number of aryl methyl sites for hydroxylation is 2. The van der Waals surface area contributed by atoms with E-state index in [1.807, 2.05) is 45.9 Å². The fourth-order valence-electron chi connectivity index (χ4n) is 3.76. The lowest BCUT2D eigenvalue weighted by molar-refractivity contribution is -0.914. The van der Waals surface area contributed by atoms with Crippen molar-refractivity contribution < 1.29 is 14.4 Å². The number of hydrogen-bond acceptors (Lipinski definition) is 3.